The van der Waals surface area contributed by atoms with Crippen LogP contribution in [0.5, 0.6) is 0 Å². The van der Waals surface area contributed by atoms with E-state index in [0.717, 1.165) is 6.26 Å². The standard InChI is InChI=1S/C12H10BrNO3S/c1-18(16,17)12-4-2-3-9(6-12)10-5-11(13)8-14(15)7-10/h2-8H,1H3. The van der Waals surface area contributed by atoms with Crippen molar-refractivity contribution in [2.45, 2.75) is 4.90 Å². The van der Waals surface area contributed by atoms with Crippen molar-refractivity contribution in [2.24, 2.45) is 0 Å². The van der Waals surface area contributed by atoms with Gasteiger partial charge in [-0.3, -0.25) is 0 Å². The molecule has 2 aromatic rings. The molecule has 1 aromatic heterocycles. The maximum Gasteiger partial charge on any atom is 0.194 e. The zero-order valence-corrected chi connectivity index (χ0v) is 11.9. The number of aromatic nitrogens is 1. The summed E-state index contributed by atoms with van der Waals surface area (Å²) in [5.41, 5.74) is 1.34. The first-order valence-corrected chi connectivity index (χ1v) is 7.74. The summed E-state index contributed by atoms with van der Waals surface area (Å²) >= 11 is 3.23. The lowest BCUT2D eigenvalue weighted by Crippen LogP contribution is -2.24. The number of hydrogen-bond donors (Lipinski definition) is 0. The lowest BCUT2D eigenvalue weighted by molar-refractivity contribution is -0.605. The highest BCUT2D eigenvalue weighted by atomic mass is 79.9. The minimum Gasteiger partial charge on any atom is -0.619 e. The highest BCUT2D eigenvalue weighted by Crippen LogP contribution is 2.23. The van der Waals surface area contributed by atoms with Gasteiger partial charge in [-0.2, -0.15) is 4.73 Å². The van der Waals surface area contributed by atoms with Gasteiger partial charge in [-0.25, -0.2) is 8.42 Å². The molecule has 6 heteroatoms. The Morgan fingerprint density at radius 3 is 2.50 bits per heavy atom. The lowest BCUT2D eigenvalue weighted by atomic mass is 10.1. The molecule has 0 N–H and O–H groups in total. The van der Waals surface area contributed by atoms with Gasteiger partial charge in [-0.05, 0) is 39.7 Å². The first kappa shape index (κ1) is 13.0. The fraction of sp³-hybridized carbons (Fsp3) is 0.0833. The minimum atomic E-state index is -3.25. The highest BCUT2D eigenvalue weighted by Gasteiger charge is 2.10. The van der Waals surface area contributed by atoms with E-state index in [2.05, 4.69) is 15.9 Å². The van der Waals surface area contributed by atoms with Crippen molar-refractivity contribution in [1.29, 1.82) is 0 Å². The molecule has 2 rings (SSSR count). The van der Waals surface area contributed by atoms with Crippen LogP contribution in [0.15, 0.2) is 52.1 Å². The van der Waals surface area contributed by atoms with Crippen LogP contribution in [-0.2, 0) is 9.84 Å². The maximum atomic E-state index is 11.5. The molecule has 4 nitrogen and oxygen atoms in total. The number of pyridine rings is 1. The molecule has 0 saturated heterocycles. The van der Waals surface area contributed by atoms with Crippen molar-refractivity contribution in [1.82, 2.24) is 0 Å². The third-order valence-electron chi connectivity index (χ3n) is 2.41. The quantitative estimate of drug-likeness (QED) is 0.627. The molecule has 1 aromatic carbocycles. The molecule has 0 fully saturated rings. The topological polar surface area (TPSA) is 61.1 Å². The Balaban J connectivity index is 2.58. The van der Waals surface area contributed by atoms with Gasteiger partial charge in [0.1, 0.15) is 0 Å². The third kappa shape index (κ3) is 2.88. The Morgan fingerprint density at radius 2 is 1.89 bits per heavy atom. The summed E-state index contributed by atoms with van der Waals surface area (Å²) in [6, 6.07) is 8.26. The van der Waals surface area contributed by atoms with Crippen LogP contribution in [0.25, 0.3) is 11.1 Å². The molecule has 0 atom stereocenters. The Bertz CT molecular complexity index is 678. The molecule has 0 radical (unpaired) electrons. The number of nitrogens with zero attached hydrogens (tertiary/aromatic N) is 1. The van der Waals surface area contributed by atoms with E-state index in [1.54, 1.807) is 24.3 Å². The van der Waals surface area contributed by atoms with Crippen LogP contribution in [0.3, 0.4) is 0 Å². The van der Waals surface area contributed by atoms with E-state index in [9.17, 15) is 13.6 Å². The zero-order valence-electron chi connectivity index (χ0n) is 9.50. The van der Waals surface area contributed by atoms with Gasteiger partial charge in [-0.15, -0.1) is 0 Å². The first-order chi connectivity index (χ1) is 8.36. The summed E-state index contributed by atoms with van der Waals surface area (Å²) in [7, 11) is -3.25. The fourth-order valence-electron chi connectivity index (χ4n) is 1.58. The summed E-state index contributed by atoms with van der Waals surface area (Å²) < 4.78 is 24.3. The molecular formula is C12H10BrNO3S. The predicted molar refractivity (Wildman–Crippen MR) is 71.6 cm³/mol. The summed E-state index contributed by atoms with van der Waals surface area (Å²) in [4.78, 5) is 0.234. The number of benzene rings is 1. The molecule has 0 aliphatic carbocycles. The number of halogens is 1. The van der Waals surface area contributed by atoms with Crippen molar-refractivity contribution in [2.75, 3.05) is 6.26 Å². The number of sulfone groups is 1. The Morgan fingerprint density at radius 1 is 1.17 bits per heavy atom. The van der Waals surface area contributed by atoms with Crippen molar-refractivity contribution in [3.8, 4) is 11.1 Å². The van der Waals surface area contributed by atoms with Gasteiger partial charge in [0.2, 0.25) is 0 Å². The molecule has 18 heavy (non-hydrogen) atoms. The fourth-order valence-corrected chi connectivity index (χ4v) is 2.70. The highest BCUT2D eigenvalue weighted by molar-refractivity contribution is 9.10. The third-order valence-corrected chi connectivity index (χ3v) is 3.95. The van der Waals surface area contributed by atoms with Crippen LogP contribution in [0.1, 0.15) is 0 Å². The maximum absolute atomic E-state index is 11.5. The largest absolute Gasteiger partial charge is 0.619 e. The van der Waals surface area contributed by atoms with Gasteiger partial charge < -0.3 is 5.21 Å². The SMILES string of the molecule is CS(=O)(=O)c1cccc(-c2cc(Br)c[n+]([O-])c2)c1. The van der Waals surface area contributed by atoms with Gasteiger partial charge in [-0.1, -0.05) is 12.1 Å². The monoisotopic (exact) mass is 327 g/mol. The van der Waals surface area contributed by atoms with E-state index in [0.29, 0.717) is 20.3 Å². The molecule has 0 amide bonds. The molecule has 94 valence electrons. The summed E-state index contributed by atoms with van der Waals surface area (Å²) in [5.74, 6) is 0. The van der Waals surface area contributed by atoms with Crippen LogP contribution >= 0.6 is 15.9 Å². The van der Waals surface area contributed by atoms with E-state index >= 15 is 0 Å². The van der Waals surface area contributed by atoms with Crippen molar-refractivity contribution in [3.63, 3.8) is 0 Å². The van der Waals surface area contributed by atoms with E-state index < -0.39 is 9.84 Å². The van der Waals surface area contributed by atoms with E-state index in [1.165, 1.54) is 18.5 Å². The zero-order chi connectivity index (χ0) is 13.3. The second-order valence-electron chi connectivity index (χ2n) is 3.90. The first-order valence-electron chi connectivity index (χ1n) is 5.06. The van der Waals surface area contributed by atoms with Crippen LogP contribution in [0.4, 0.5) is 0 Å². The van der Waals surface area contributed by atoms with Gasteiger partial charge in [0.05, 0.1) is 9.37 Å². The van der Waals surface area contributed by atoms with Gasteiger partial charge in [0, 0.05) is 11.8 Å². The second kappa shape index (κ2) is 4.70. The van der Waals surface area contributed by atoms with Crippen LogP contribution in [0.2, 0.25) is 0 Å². The molecular weight excluding hydrogens is 318 g/mol. The summed E-state index contributed by atoms with van der Waals surface area (Å²) in [6.07, 6.45) is 3.93. The average Bonchev–Trinajstić information content (AvgIpc) is 2.27. The molecule has 1 heterocycles. The minimum absolute atomic E-state index is 0.234. The second-order valence-corrected chi connectivity index (χ2v) is 6.83. The van der Waals surface area contributed by atoms with Gasteiger partial charge in [0.15, 0.2) is 22.2 Å². The lowest BCUT2D eigenvalue weighted by Gasteiger charge is -2.05. The van der Waals surface area contributed by atoms with Crippen LogP contribution in [0, 0.1) is 5.21 Å². The predicted octanol–water partition coefficient (Wildman–Crippen LogP) is 2.15. The van der Waals surface area contributed by atoms with Crippen molar-refractivity contribution in [3.05, 3.63) is 52.4 Å². The summed E-state index contributed by atoms with van der Waals surface area (Å²) in [6.45, 7) is 0. The average molecular weight is 328 g/mol. The van der Waals surface area contributed by atoms with Crippen molar-refractivity contribution >= 4 is 25.8 Å². The Hall–Kier alpha value is -1.40. The van der Waals surface area contributed by atoms with Crippen LogP contribution in [-0.4, -0.2) is 14.7 Å². The normalized spacial score (nSPS) is 11.4. The molecule has 0 spiro atoms. The molecule has 0 aliphatic rings. The Kier molecular flexibility index (Phi) is 3.41. The Labute approximate surface area is 114 Å². The van der Waals surface area contributed by atoms with E-state index in [4.69, 9.17) is 0 Å². The van der Waals surface area contributed by atoms with E-state index in [-0.39, 0.29) is 4.90 Å². The smallest absolute Gasteiger partial charge is 0.194 e. The molecule has 0 bridgehead atoms. The van der Waals surface area contributed by atoms with Crippen molar-refractivity contribution < 1.29 is 13.1 Å². The number of rotatable bonds is 2. The van der Waals surface area contributed by atoms with E-state index in [1.807, 2.05) is 0 Å². The van der Waals surface area contributed by atoms with Crippen LogP contribution < -0.4 is 4.73 Å². The molecule has 0 unspecified atom stereocenters. The van der Waals surface area contributed by atoms with Gasteiger partial charge in [0.25, 0.3) is 0 Å². The molecule has 0 aliphatic heterocycles. The van der Waals surface area contributed by atoms with Gasteiger partial charge >= 0.3 is 0 Å². The number of hydrogen-bond acceptors (Lipinski definition) is 3. The summed E-state index contributed by atoms with van der Waals surface area (Å²) in [5, 5.41) is 11.3. The molecule has 0 saturated carbocycles.